The molecular weight excluding hydrogens is 969 g/mol. The van der Waals surface area contributed by atoms with Gasteiger partial charge in [0, 0.05) is 32.0 Å². The molecule has 4 aliphatic heterocycles. The van der Waals surface area contributed by atoms with Gasteiger partial charge < -0.3 is 28.9 Å². The van der Waals surface area contributed by atoms with Crippen molar-refractivity contribution in [3.05, 3.63) is 35.9 Å². The van der Waals surface area contributed by atoms with E-state index in [-0.39, 0.29) is 54.9 Å². The summed E-state index contributed by atoms with van der Waals surface area (Å²) in [5.74, 6) is 1.73. The fraction of sp³-hybridized carbons (Fsp3) is 0.887. The van der Waals surface area contributed by atoms with Crippen LogP contribution in [0.25, 0.3) is 0 Å². The molecule has 0 saturated carbocycles. The molecule has 17 atom stereocenters. The zero-order chi connectivity index (χ0) is 52.2. The van der Waals surface area contributed by atoms with Crippen LogP contribution in [0.4, 0.5) is 0 Å². The first-order valence-corrected chi connectivity index (χ1v) is 32.1. The van der Waals surface area contributed by atoms with E-state index in [2.05, 4.69) is 39.8 Å². The summed E-state index contributed by atoms with van der Waals surface area (Å²) in [4.78, 5) is 31.1. The SMILES string of the molecule is CCCC(CCC)CCC1C(Cc2ccccc2)OC(CC)C1OP(=O)(O)OC.CCCC1CCCCC(CCC)CCC2C(C)OC(CC)C2OP(=O)(O)OCC2OC(C)C(CC1)C2OP(=O)(O)OC. The molecule has 18 heteroatoms. The Hall–Kier alpha value is -0.570. The normalized spacial score (nSPS) is 36.1. The summed E-state index contributed by atoms with van der Waals surface area (Å²) in [7, 11) is -10.6. The molecule has 2 bridgehead atoms. The molecule has 0 aliphatic carbocycles. The van der Waals surface area contributed by atoms with Crippen LogP contribution in [0.3, 0.4) is 0 Å². The molecule has 4 aliphatic rings. The molecule has 5 rings (SSSR count). The zero-order valence-electron chi connectivity index (χ0n) is 45.2. The minimum Gasteiger partial charge on any atom is -0.372 e. The Morgan fingerprint density at radius 3 is 1.75 bits per heavy atom. The minimum atomic E-state index is -4.51. The fourth-order valence-electron chi connectivity index (χ4n) is 12.1. The molecule has 4 saturated heterocycles. The van der Waals surface area contributed by atoms with Gasteiger partial charge in [0.25, 0.3) is 0 Å². The van der Waals surface area contributed by atoms with E-state index in [1.165, 1.54) is 70.5 Å². The molecule has 0 spiro atoms. The molecule has 1 aromatic carbocycles. The number of hydrogen-bond donors (Lipinski definition) is 3. The molecule has 0 radical (unpaired) electrons. The molecule has 0 amide bonds. The summed E-state index contributed by atoms with van der Waals surface area (Å²) in [6, 6.07) is 10.3. The minimum absolute atomic E-state index is 0.0143. The van der Waals surface area contributed by atoms with Crippen LogP contribution in [0.2, 0.25) is 0 Å². The smallest absolute Gasteiger partial charge is 0.372 e. The van der Waals surface area contributed by atoms with Crippen molar-refractivity contribution >= 4 is 23.5 Å². The molecule has 4 heterocycles. The molecule has 414 valence electrons. The average molecular weight is 1070 g/mol. The van der Waals surface area contributed by atoms with E-state index in [0.717, 1.165) is 77.7 Å². The first-order chi connectivity index (χ1) is 33.9. The Bertz CT molecular complexity index is 1750. The number of rotatable bonds is 21. The molecular formula is C53H97O15P3. The summed E-state index contributed by atoms with van der Waals surface area (Å²) in [6.07, 6.45) is 18.4. The number of benzene rings is 1. The van der Waals surface area contributed by atoms with Crippen LogP contribution < -0.4 is 0 Å². The predicted molar refractivity (Wildman–Crippen MR) is 279 cm³/mol. The lowest BCUT2D eigenvalue weighted by Gasteiger charge is -2.28. The first kappa shape index (κ1) is 63.0. The van der Waals surface area contributed by atoms with Crippen molar-refractivity contribution in [2.24, 2.45) is 35.5 Å². The number of phosphoric acid groups is 3. The van der Waals surface area contributed by atoms with Gasteiger partial charge in [0.1, 0.15) is 24.4 Å². The Kier molecular flexibility index (Phi) is 28.0. The summed E-state index contributed by atoms with van der Waals surface area (Å²) in [5.41, 5.74) is 1.22. The third-order valence-electron chi connectivity index (χ3n) is 15.9. The van der Waals surface area contributed by atoms with Crippen molar-refractivity contribution in [2.45, 2.75) is 245 Å². The van der Waals surface area contributed by atoms with Crippen molar-refractivity contribution in [3.63, 3.8) is 0 Å². The molecule has 4 fully saturated rings. The summed E-state index contributed by atoms with van der Waals surface area (Å²) >= 11 is 0. The summed E-state index contributed by atoms with van der Waals surface area (Å²) in [5, 5.41) is 0. The maximum atomic E-state index is 13.3. The highest BCUT2D eigenvalue weighted by Crippen LogP contribution is 2.53. The molecule has 15 nitrogen and oxygen atoms in total. The second-order valence-electron chi connectivity index (χ2n) is 21.0. The molecule has 71 heavy (non-hydrogen) atoms. The van der Waals surface area contributed by atoms with Crippen LogP contribution >= 0.6 is 23.5 Å². The van der Waals surface area contributed by atoms with Crippen molar-refractivity contribution in [2.75, 3.05) is 20.8 Å². The third-order valence-corrected chi connectivity index (χ3v) is 18.8. The van der Waals surface area contributed by atoms with Gasteiger partial charge in [0.15, 0.2) is 0 Å². The van der Waals surface area contributed by atoms with Crippen LogP contribution in [0, 0.1) is 35.5 Å². The van der Waals surface area contributed by atoms with Crippen LogP contribution in [-0.2, 0) is 61.5 Å². The largest absolute Gasteiger partial charge is 0.472 e. The lowest BCUT2D eigenvalue weighted by Crippen LogP contribution is -2.34. The van der Waals surface area contributed by atoms with Gasteiger partial charge >= 0.3 is 23.5 Å². The molecule has 17 unspecified atom stereocenters. The lowest BCUT2D eigenvalue weighted by molar-refractivity contribution is -0.0285. The van der Waals surface area contributed by atoms with Crippen LogP contribution in [0.5, 0.6) is 0 Å². The number of fused-ring (bicyclic) bond motifs is 3. The number of ether oxygens (including phenoxy) is 3. The maximum absolute atomic E-state index is 13.3. The number of phosphoric ester groups is 3. The van der Waals surface area contributed by atoms with Crippen molar-refractivity contribution in [1.29, 1.82) is 0 Å². The van der Waals surface area contributed by atoms with Crippen LogP contribution in [0.1, 0.15) is 189 Å². The second-order valence-corrected chi connectivity index (χ2v) is 25.4. The first-order valence-electron chi connectivity index (χ1n) is 27.7. The van der Waals surface area contributed by atoms with E-state index in [4.69, 9.17) is 41.4 Å². The highest BCUT2D eigenvalue weighted by molar-refractivity contribution is 7.47. The fourth-order valence-corrected chi connectivity index (χ4v) is 14.5. The Balaban J connectivity index is 0.000000330. The predicted octanol–water partition coefficient (Wildman–Crippen LogP) is 14.0. The molecule has 3 N–H and O–H groups in total. The van der Waals surface area contributed by atoms with Crippen molar-refractivity contribution < 1.29 is 69.7 Å². The maximum Gasteiger partial charge on any atom is 0.472 e. The van der Waals surface area contributed by atoms with Gasteiger partial charge in [-0.1, -0.05) is 149 Å². The Morgan fingerprint density at radius 2 is 1.21 bits per heavy atom. The van der Waals surface area contributed by atoms with E-state index in [9.17, 15) is 28.4 Å². The van der Waals surface area contributed by atoms with E-state index in [1.54, 1.807) is 0 Å². The quantitative estimate of drug-likeness (QED) is 0.0983. The molecule has 1 aromatic rings. The topological polar surface area (TPSA) is 195 Å². The lowest BCUT2D eigenvalue weighted by atomic mass is 9.83. The second kappa shape index (κ2) is 31.6. The van der Waals surface area contributed by atoms with E-state index in [0.29, 0.717) is 24.2 Å². The summed E-state index contributed by atoms with van der Waals surface area (Å²) in [6.45, 7) is 16.6. The van der Waals surface area contributed by atoms with Gasteiger partial charge in [-0.2, -0.15) is 0 Å². The van der Waals surface area contributed by atoms with Gasteiger partial charge in [-0.3, -0.25) is 27.1 Å². The van der Waals surface area contributed by atoms with Crippen LogP contribution in [0.15, 0.2) is 30.3 Å². The van der Waals surface area contributed by atoms with Gasteiger partial charge in [-0.05, 0) is 95.0 Å². The van der Waals surface area contributed by atoms with Crippen LogP contribution in [-0.4, -0.2) is 90.4 Å². The van der Waals surface area contributed by atoms with Crippen molar-refractivity contribution in [3.8, 4) is 0 Å². The highest BCUT2D eigenvalue weighted by atomic mass is 31.2. The van der Waals surface area contributed by atoms with Gasteiger partial charge in [0.2, 0.25) is 0 Å². The number of hydrogen-bond acceptors (Lipinski definition) is 12. The highest BCUT2D eigenvalue weighted by Gasteiger charge is 2.50. The Morgan fingerprint density at radius 1 is 0.662 bits per heavy atom. The van der Waals surface area contributed by atoms with Gasteiger partial charge in [0.05, 0.1) is 37.1 Å². The zero-order valence-corrected chi connectivity index (χ0v) is 47.9. The molecule has 0 aromatic heterocycles. The third kappa shape index (κ3) is 20.4. The average Bonchev–Trinajstić information content (AvgIpc) is 3.93. The monoisotopic (exact) mass is 1070 g/mol. The summed E-state index contributed by atoms with van der Waals surface area (Å²) < 4.78 is 88.8. The standard InChI is InChI=1S/C30H58O10P2.C23H39O5P/c1-7-12-23-14-10-11-15-24(13-8-2)17-19-26-22(5)38-28(30(26)39-41(31,32)35-6)20-36-42(33,34)40-29-25(18-16-23)21(4)37-27(29)9-3;1-5-11-18(12-6-2)15-16-20-22(17-19-13-9-8-10-14-19)27-21(7-3)23(20)28-29(24,25)26-4/h21-30H,7-20H2,1-6H3,(H,31,32)(H,33,34);8-10,13-14,18,20-23H,5-7,11-12,15-17H2,1-4H3,(H,24,25). The van der Waals surface area contributed by atoms with E-state index < -0.39 is 47.9 Å². The van der Waals surface area contributed by atoms with E-state index >= 15 is 0 Å². The van der Waals surface area contributed by atoms with E-state index in [1.807, 2.05) is 45.9 Å². The van der Waals surface area contributed by atoms with Gasteiger partial charge in [-0.15, -0.1) is 0 Å². The van der Waals surface area contributed by atoms with Crippen molar-refractivity contribution in [1.82, 2.24) is 0 Å². The van der Waals surface area contributed by atoms with Gasteiger partial charge in [-0.25, -0.2) is 13.7 Å². The Labute approximate surface area is 429 Å².